The first kappa shape index (κ1) is 15.9. The molecule has 0 N–H and O–H groups in total. The maximum Gasteiger partial charge on any atom is 0.343 e. The highest BCUT2D eigenvalue weighted by Crippen LogP contribution is 2.36. The van der Waals surface area contributed by atoms with Gasteiger partial charge in [-0.3, -0.25) is 0 Å². The van der Waals surface area contributed by atoms with Crippen LogP contribution in [-0.4, -0.2) is 13.1 Å². The average molecular weight is 338 g/mol. The highest BCUT2D eigenvalue weighted by Gasteiger charge is 2.17. The van der Waals surface area contributed by atoms with Gasteiger partial charge in [-0.25, -0.2) is 4.79 Å². The highest BCUT2D eigenvalue weighted by molar-refractivity contribution is 6.32. The van der Waals surface area contributed by atoms with E-state index < -0.39 is 5.97 Å². The van der Waals surface area contributed by atoms with Crippen LogP contribution in [0.15, 0.2) is 54.6 Å². The lowest BCUT2D eigenvalue weighted by atomic mass is 10.1. The van der Waals surface area contributed by atoms with Gasteiger partial charge in [0.25, 0.3) is 0 Å². The maximum absolute atomic E-state index is 12.4. The molecule has 118 valence electrons. The first-order valence-corrected chi connectivity index (χ1v) is 7.49. The van der Waals surface area contributed by atoms with Crippen molar-refractivity contribution in [2.75, 3.05) is 7.11 Å². The molecule has 0 heterocycles. The Morgan fingerprint density at radius 2 is 1.83 bits per heavy atom. The number of carbonyl (C=O) groups is 1. The van der Waals surface area contributed by atoms with Crippen LogP contribution in [0.5, 0.6) is 11.5 Å². The minimum absolute atomic E-state index is 0.0938. The Labute approximate surface area is 143 Å². The summed E-state index contributed by atoms with van der Waals surface area (Å²) in [4.78, 5) is 12.4. The van der Waals surface area contributed by atoms with Crippen molar-refractivity contribution in [1.82, 2.24) is 0 Å². The van der Waals surface area contributed by atoms with Crippen molar-refractivity contribution in [2.45, 2.75) is 0 Å². The van der Waals surface area contributed by atoms with Gasteiger partial charge in [-0.05, 0) is 29.0 Å². The van der Waals surface area contributed by atoms with Crippen LogP contribution < -0.4 is 9.47 Å². The Kier molecular flexibility index (Phi) is 4.37. The lowest BCUT2D eigenvalue weighted by Gasteiger charge is -2.11. The molecule has 5 heteroatoms. The predicted molar refractivity (Wildman–Crippen MR) is 91.6 cm³/mol. The summed E-state index contributed by atoms with van der Waals surface area (Å²) in [6.45, 7) is 0. The van der Waals surface area contributed by atoms with Gasteiger partial charge >= 0.3 is 5.97 Å². The molecule has 0 atom stereocenters. The van der Waals surface area contributed by atoms with Gasteiger partial charge in [-0.15, -0.1) is 0 Å². The number of nitriles is 1. The van der Waals surface area contributed by atoms with Crippen LogP contribution in [0.2, 0.25) is 5.02 Å². The topological polar surface area (TPSA) is 59.3 Å². The summed E-state index contributed by atoms with van der Waals surface area (Å²) in [5.74, 6) is -0.227. The van der Waals surface area contributed by atoms with Crippen LogP contribution in [0.3, 0.4) is 0 Å². The molecule has 0 aromatic heterocycles. The third-order valence-corrected chi connectivity index (χ3v) is 3.82. The number of hydrogen-bond acceptors (Lipinski definition) is 4. The Morgan fingerprint density at radius 1 is 1.08 bits per heavy atom. The average Bonchev–Trinajstić information content (AvgIpc) is 2.62. The number of fused-ring (bicyclic) bond motifs is 1. The van der Waals surface area contributed by atoms with Crippen molar-refractivity contribution in [3.05, 3.63) is 70.7 Å². The zero-order chi connectivity index (χ0) is 17.1. The molecule has 0 saturated heterocycles. The molecule has 0 aliphatic rings. The molecular formula is C19H12ClNO3. The number of rotatable bonds is 3. The number of halogens is 1. The molecule has 0 spiro atoms. The summed E-state index contributed by atoms with van der Waals surface area (Å²) in [6, 6.07) is 17.9. The highest BCUT2D eigenvalue weighted by atomic mass is 35.5. The Balaban J connectivity index is 1.95. The summed E-state index contributed by atoms with van der Waals surface area (Å²) in [6.07, 6.45) is 0. The van der Waals surface area contributed by atoms with Crippen LogP contribution >= 0.6 is 11.6 Å². The summed E-state index contributed by atoms with van der Waals surface area (Å²) in [5, 5.41) is 11.1. The Hall–Kier alpha value is -3.03. The second-order valence-electron chi connectivity index (χ2n) is 5.05. The fraction of sp³-hybridized carbons (Fsp3) is 0.0526. The summed E-state index contributed by atoms with van der Waals surface area (Å²) >= 11 is 6.11. The van der Waals surface area contributed by atoms with Crippen molar-refractivity contribution < 1.29 is 14.3 Å². The van der Waals surface area contributed by atoms with E-state index in [1.165, 1.54) is 19.2 Å². The number of nitrogens with zero attached hydrogens (tertiary/aromatic N) is 1. The van der Waals surface area contributed by atoms with E-state index in [1.807, 2.05) is 36.4 Å². The summed E-state index contributed by atoms with van der Waals surface area (Å²) in [7, 11) is 1.42. The van der Waals surface area contributed by atoms with E-state index >= 15 is 0 Å². The van der Waals surface area contributed by atoms with E-state index in [4.69, 9.17) is 26.3 Å². The van der Waals surface area contributed by atoms with Crippen LogP contribution in [-0.2, 0) is 0 Å². The molecule has 3 rings (SSSR count). The van der Waals surface area contributed by atoms with Crippen molar-refractivity contribution in [2.24, 2.45) is 0 Å². The fourth-order valence-corrected chi connectivity index (χ4v) is 2.60. The number of esters is 1. The third-order valence-electron chi connectivity index (χ3n) is 3.54. The normalized spacial score (nSPS) is 10.2. The third kappa shape index (κ3) is 3.03. The molecule has 0 amide bonds. The SMILES string of the molecule is COc1cc(C#N)cc(Cl)c1OC(=O)c1ccc2ccccc2c1. The van der Waals surface area contributed by atoms with Crippen LogP contribution in [0.4, 0.5) is 0 Å². The first-order chi connectivity index (χ1) is 11.6. The molecule has 0 bridgehead atoms. The molecular weight excluding hydrogens is 326 g/mol. The second-order valence-corrected chi connectivity index (χ2v) is 5.46. The van der Waals surface area contributed by atoms with Gasteiger partial charge in [0, 0.05) is 6.07 Å². The zero-order valence-electron chi connectivity index (χ0n) is 12.7. The van der Waals surface area contributed by atoms with E-state index in [9.17, 15) is 4.79 Å². The lowest BCUT2D eigenvalue weighted by Crippen LogP contribution is -2.09. The molecule has 0 radical (unpaired) electrons. The molecule has 0 unspecified atom stereocenters. The Morgan fingerprint density at radius 3 is 2.54 bits per heavy atom. The summed E-state index contributed by atoms with van der Waals surface area (Å²) in [5.41, 5.74) is 0.721. The molecule has 3 aromatic rings. The van der Waals surface area contributed by atoms with E-state index in [0.29, 0.717) is 11.1 Å². The molecule has 24 heavy (non-hydrogen) atoms. The number of benzene rings is 3. The van der Waals surface area contributed by atoms with Gasteiger partial charge < -0.3 is 9.47 Å². The van der Waals surface area contributed by atoms with Crippen LogP contribution in [0.25, 0.3) is 10.8 Å². The van der Waals surface area contributed by atoms with E-state index in [0.717, 1.165) is 10.8 Å². The van der Waals surface area contributed by atoms with Crippen molar-refractivity contribution >= 4 is 28.3 Å². The van der Waals surface area contributed by atoms with Gasteiger partial charge in [0.2, 0.25) is 0 Å². The van der Waals surface area contributed by atoms with Gasteiger partial charge in [0.1, 0.15) is 0 Å². The van der Waals surface area contributed by atoms with Crippen molar-refractivity contribution in [3.8, 4) is 17.6 Å². The molecule has 0 aliphatic heterocycles. The van der Waals surface area contributed by atoms with Crippen LogP contribution in [0, 0.1) is 11.3 Å². The first-order valence-electron chi connectivity index (χ1n) is 7.11. The van der Waals surface area contributed by atoms with Gasteiger partial charge in [0.15, 0.2) is 11.5 Å². The number of carbonyl (C=O) groups excluding carboxylic acids is 1. The number of ether oxygens (including phenoxy) is 2. The van der Waals surface area contributed by atoms with Crippen molar-refractivity contribution in [3.63, 3.8) is 0 Å². The van der Waals surface area contributed by atoms with E-state index in [1.54, 1.807) is 12.1 Å². The number of methoxy groups -OCH3 is 1. The molecule has 3 aromatic carbocycles. The molecule has 0 aliphatic carbocycles. The zero-order valence-corrected chi connectivity index (χ0v) is 13.5. The van der Waals surface area contributed by atoms with Gasteiger partial charge in [0.05, 0.1) is 29.3 Å². The second kappa shape index (κ2) is 6.61. The predicted octanol–water partition coefficient (Wildman–Crippen LogP) is 4.59. The smallest absolute Gasteiger partial charge is 0.343 e. The largest absolute Gasteiger partial charge is 0.493 e. The molecule has 4 nitrogen and oxygen atoms in total. The minimum Gasteiger partial charge on any atom is -0.493 e. The monoisotopic (exact) mass is 337 g/mol. The van der Waals surface area contributed by atoms with Gasteiger partial charge in [-0.1, -0.05) is 41.9 Å². The van der Waals surface area contributed by atoms with Crippen molar-refractivity contribution in [1.29, 1.82) is 5.26 Å². The Bertz CT molecular complexity index is 976. The molecule has 0 fully saturated rings. The lowest BCUT2D eigenvalue weighted by molar-refractivity contribution is 0.0730. The molecule has 0 saturated carbocycles. The minimum atomic E-state index is -0.550. The fourth-order valence-electron chi connectivity index (χ4n) is 2.35. The standard InChI is InChI=1S/C19H12ClNO3/c1-23-17-9-12(11-21)8-16(20)18(17)24-19(22)15-7-6-13-4-2-3-5-14(13)10-15/h2-10H,1H3. The summed E-state index contributed by atoms with van der Waals surface area (Å²) < 4.78 is 10.6. The maximum atomic E-state index is 12.4. The van der Waals surface area contributed by atoms with E-state index in [2.05, 4.69) is 0 Å². The van der Waals surface area contributed by atoms with E-state index in [-0.39, 0.29) is 16.5 Å². The van der Waals surface area contributed by atoms with Gasteiger partial charge in [-0.2, -0.15) is 5.26 Å². The van der Waals surface area contributed by atoms with Crippen LogP contribution in [0.1, 0.15) is 15.9 Å². The number of hydrogen-bond donors (Lipinski definition) is 0. The quantitative estimate of drug-likeness (QED) is 0.518.